The molecule has 0 aromatic carbocycles. The predicted molar refractivity (Wildman–Crippen MR) is 79.8 cm³/mol. The highest BCUT2D eigenvalue weighted by molar-refractivity contribution is 5.69. The lowest BCUT2D eigenvalue weighted by Crippen LogP contribution is -2.36. The third kappa shape index (κ3) is 4.49. The number of carbonyl (C=O) groups is 1. The molecule has 0 unspecified atom stereocenters. The third-order valence-corrected chi connectivity index (χ3v) is 3.87. The molecule has 1 aliphatic rings. The zero-order valence-electron chi connectivity index (χ0n) is 12.9. The Morgan fingerprint density at radius 3 is 2.61 bits per heavy atom. The summed E-state index contributed by atoms with van der Waals surface area (Å²) in [7, 11) is 0. The number of hydrogen-bond donors (Lipinski definition) is 1. The SMILES string of the molecule is CCOC(=O)CC1CCN(c2nc(C(F)(F)F)ccc2N)CC1. The molecule has 0 radical (unpaired) electrons. The molecule has 128 valence electrons. The zero-order valence-corrected chi connectivity index (χ0v) is 12.9. The van der Waals surface area contributed by atoms with E-state index in [9.17, 15) is 18.0 Å². The van der Waals surface area contributed by atoms with Gasteiger partial charge in [-0.05, 0) is 37.8 Å². The number of anilines is 2. The fourth-order valence-corrected chi connectivity index (χ4v) is 2.67. The van der Waals surface area contributed by atoms with Crippen LogP contribution in [-0.4, -0.2) is 30.6 Å². The van der Waals surface area contributed by atoms with Gasteiger partial charge >= 0.3 is 12.1 Å². The predicted octanol–water partition coefficient (Wildman–Crippen LogP) is 2.85. The molecular weight excluding hydrogens is 311 g/mol. The van der Waals surface area contributed by atoms with Gasteiger partial charge in [0.15, 0.2) is 5.82 Å². The number of pyridine rings is 1. The van der Waals surface area contributed by atoms with E-state index in [1.54, 1.807) is 11.8 Å². The van der Waals surface area contributed by atoms with Crippen molar-refractivity contribution in [1.29, 1.82) is 0 Å². The molecule has 1 fully saturated rings. The van der Waals surface area contributed by atoms with Crippen LogP contribution in [0.15, 0.2) is 12.1 Å². The van der Waals surface area contributed by atoms with Crippen LogP contribution in [0.25, 0.3) is 0 Å². The summed E-state index contributed by atoms with van der Waals surface area (Å²) >= 11 is 0. The number of esters is 1. The number of alkyl halides is 3. The van der Waals surface area contributed by atoms with E-state index in [4.69, 9.17) is 10.5 Å². The summed E-state index contributed by atoms with van der Waals surface area (Å²) in [5, 5.41) is 0. The maximum absolute atomic E-state index is 12.8. The molecule has 0 atom stereocenters. The number of piperidine rings is 1. The Hall–Kier alpha value is -1.99. The van der Waals surface area contributed by atoms with Crippen LogP contribution in [0, 0.1) is 5.92 Å². The second-order valence-corrected chi connectivity index (χ2v) is 5.55. The van der Waals surface area contributed by atoms with Crippen LogP contribution in [0.5, 0.6) is 0 Å². The Balaban J connectivity index is 2.01. The summed E-state index contributed by atoms with van der Waals surface area (Å²) in [6.45, 7) is 3.14. The van der Waals surface area contributed by atoms with Gasteiger partial charge in [-0.25, -0.2) is 4.98 Å². The number of nitrogens with two attached hydrogens (primary N) is 1. The van der Waals surface area contributed by atoms with Crippen molar-refractivity contribution < 1.29 is 22.7 Å². The first-order valence-corrected chi connectivity index (χ1v) is 7.55. The zero-order chi connectivity index (χ0) is 17.0. The minimum atomic E-state index is -4.50. The van der Waals surface area contributed by atoms with Crippen molar-refractivity contribution in [3.63, 3.8) is 0 Å². The Morgan fingerprint density at radius 1 is 1.39 bits per heavy atom. The summed E-state index contributed by atoms with van der Waals surface area (Å²) in [4.78, 5) is 16.9. The maximum Gasteiger partial charge on any atom is 0.433 e. The van der Waals surface area contributed by atoms with E-state index in [1.165, 1.54) is 6.07 Å². The monoisotopic (exact) mass is 331 g/mol. The summed E-state index contributed by atoms with van der Waals surface area (Å²) < 4.78 is 43.2. The highest BCUT2D eigenvalue weighted by Gasteiger charge is 2.34. The second-order valence-electron chi connectivity index (χ2n) is 5.55. The lowest BCUT2D eigenvalue weighted by molar-refractivity contribution is -0.144. The van der Waals surface area contributed by atoms with Gasteiger partial charge in [0, 0.05) is 19.5 Å². The smallest absolute Gasteiger partial charge is 0.433 e. The first-order chi connectivity index (χ1) is 10.8. The minimum Gasteiger partial charge on any atom is -0.466 e. The van der Waals surface area contributed by atoms with Gasteiger partial charge in [0.1, 0.15) is 5.69 Å². The van der Waals surface area contributed by atoms with Crippen molar-refractivity contribution in [2.24, 2.45) is 5.92 Å². The van der Waals surface area contributed by atoms with Gasteiger partial charge in [-0.15, -0.1) is 0 Å². The van der Waals surface area contributed by atoms with Crippen LogP contribution in [0.1, 0.15) is 31.9 Å². The molecule has 1 aliphatic heterocycles. The quantitative estimate of drug-likeness (QED) is 0.859. The minimum absolute atomic E-state index is 0.161. The summed E-state index contributed by atoms with van der Waals surface area (Å²) in [6, 6.07) is 2.11. The summed E-state index contributed by atoms with van der Waals surface area (Å²) in [5.41, 5.74) is 5.05. The summed E-state index contributed by atoms with van der Waals surface area (Å²) in [6.07, 6.45) is -2.77. The number of hydrogen-bond acceptors (Lipinski definition) is 5. The van der Waals surface area contributed by atoms with Gasteiger partial charge in [0.2, 0.25) is 0 Å². The van der Waals surface area contributed by atoms with E-state index < -0.39 is 11.9 Å². The molecule has 1 aromatic heterocycles. The molecule has 2 N–H and O–H groups in total. The van der Waals surface area contributed by atoms with Gasteiger partial charge in [-0.1, -0.05) is 0 Å². The largest absolute Gasteiger partial charge is 0.466 e. The number of ether oxygens (including phenoxy) is 1. The Morgan fingerprint density at radius 2 is 2.04 bits per heavy atom. The third-order valence-electron chi connectivity index (χ3n) is 3.87. The van der Waals surface area contributed by atoms with Crippen LogP contribution in [0.3, 0.4) is 0 Å². The van der Waals surface area contributed by atoms with E-state index in [0.29, 0.717) is 39.0 Å². The van der Waals surface area contributed by atoms with Gasteiger partial charge in [-0.3, -0.25) is 4.79 Å². The Bertz CT molecular complexity index is 555. The van der Waals surface area contributed by atoms with E-state index in [2.05, 4.69) is 4.98 Å². The fourth-order valence-electron chi connectivity index (χ4n) is 2.67. The average molecular weight is 331 g/mol. The number of carbonyl (C=O) groups excluding carboxylic acids is 1. The lowest BCUT2D eigenvalue weighted by Gasteiger charge is -2.33. The van der Waals surface area contributed by atoms with Crippen LogP contribution in [0.2, 0.25) is 0 Å². The molecule has 1 saturated heterocycles. The van der Waals surface area contributed by atoms with E-state index in [1.807, 2.05) is 0 Å². The molecule has 8 heteroatoms. The molecule has 0 saturated carbocycles. The van der Waals surface area contributed by atoms with E-state index in [0.717, 1.165) is 6.07 Å². The maximum atomic E-state index is 12.8. The molecule has 0 aliphatic carbocycles. The topological polar surface area (TPSA) is 68.5 Å². The standard InChI is InChI=1S/C15H20F3N3O2/c1-2-23-13(22)9-10-5-7-21(8-6-10)14-11(19)3-4-12(20-14)15(16,17)18/h3-4,10H,2,5-9,19H2,1H3. The van der Waals surface area contributed by atoms with Crippen molar-refractivity contribution >= 4 is 17.5 Å². The molecule has 0 bridgehead atoms. The first-order valence-electron chi connectivity index (χ1n) is 7.55. The molecule has 0 amide bonds. The van der Waals surface area contributed by atoms with Gasteiger partial charge < -0.3 is 15.4 Å². The van der Waals surface area contributed by atoms with Crippen molar-refractivity contribution in [2.75, 3.05) is 30.3 Å². The van der Waals surface area contributed by atoms with Crippen LogP contribution >= 0.6 is 0 Å². The molecule has 1 aromatic rings. The fraction of sp³-hybridized carbons (Fsp3) is 0.600. The van der Waals surface area contributed by atoms with Crippen molar-refractivity contribution in [3.05, 3.63) is 17.8 Å². The highest BCUT2D eigenvalue weighted by atomic mass is 19.4. The van der Waals surface area contributed by atoms with E-state index >= 15 is 0 Å². The Kier molecular flexibility index (Phi) is 5.33. The van der Waals surface area contributed by atoms with Crippen LogP contribution < -0.4 is 10.6 Å². The van der Waals surface area contributed by atoms with Gasteiger partial charge in [0.05, 0.1) is 12.3 Å². The number of rotatable bonds is 4. The number of nitrogens with zero attached hydrogens (tertiary/aromatic N) is 2. The highest BCUT2D eigenvalue weighted by Crippen LogP contribution is 2.33. The van der Waals surface area contributed by atoms with Crippen LogP contribution in [-0.2, 0) is 15.7 Å². The lowest BCUT2D eigenvalue weighted by atomic mass is 9.93. The van der Waals surface area contributed by atoms with Crippen molar-refractivity contribution in [3.8, 4) is 0 Å². The average Bonchev–Trinajstić information content (AvgIpc) is 2.48. The number of aromatic nitrogens is 1. The molecule has 23 heavy (non-hydrogen) atoms. The van der Waals surface area contributed by atoms with Gasteiger partial charge in [-0.2, -0.15) is 13.2 Å². The van der Waals surface area contributed by atoms with E-state index in [-0.39, 0.29) is 23.4 Å². The molecule has 0 spiro atoms. The normalized spacial score (nSPS) is 16.4. The van der Waals surface area contributed by atoms with Crippen molar-refractivity contribution in [2.45, 2.75) is 32.4 Å². The summed E-state index contributed by atoms with van der Waals surface area (Å²) in [5.74, 6) is 0.106. The number of halogens is 3. The first kappa shape index (κ1) is 17.4. The molecule has 2 rings (SSSR count). The van der Waals surface area contributed by atoms with Crippen molar-refractivity contribution in [1.82, 2.24) is 4.98 Å². The van der Waals surface area contributed by atoms with Crippen LogP contribution in [0.4, 0.5) is 24.7 Å². The molecule has 5 nitrogen and oxygen atoms in total. The molecular formula is C15H20F3N3O2. The Labute approximate surface area is 132 Å². The second kappa shape index (κ2) is 7.06. The molecule has 2 heterocycles. The van der Waals surface area contributed by atoms with Gasteiger partial charge in [0.25, 0.3) is 0 Å². The number of nitrogen functional groups attached to an aromatic ring is 1.